The van der Waals surface area contributed by atoms with Crippen LogP contribution >= 0.6 is 11.6 Å². The summed E-state index contributed by atoms with van der Waals surface area (Å²) in [4.78, 5) is 11.1. The molecule has 1 N–H and O–H groups in total. The minimum atomic E-state index is -4.40. The van der Waals surface area contributed by atoms with Crippen LogP contribution in [0.2, 0.25) is 5.02 Å². The van der Waals surface area contributed by atoms with Crippen molar-refractivity contribution in [2.24, 2.45) is 0 Å². The second kappa shape index (κ2) is 11.2. The molecule has 0 unspecified atom stereocenters. The number of carbonyl (C=O) groups is 1. The maximum atomic E-state index is 15.4. The monoisotopic (exact) mass is 580 g/mol. The summed E-state index contributed by atoms with van der Waals surface area (Å²) in [7, 11) is -3.20. The van der Waals surface area contributed by atoms with E-state index in [9.17, 15) is 22.0 Å². The third kappa shape index (κ3) is 5.84. The minimum absolute atomic E-state index is 0.0977. The van der Waals surface area contributed by atoms with Crippen LogP contribution < -0.4 is 19.1 Å². The van der Waals surface area contributed by atoms with E-state index < -0.39 is 33.6 Å². The van der Waals surface area contributed by atoms with E-state index in [0.717, 1.165) is 28.6 Å². The molecule has 3 aromatic rings. The Morgan fingerprint density at radius 2 is 1.87 bits per heavy atom. The first-order valence-electron chi connectivity index (χ1n) is 11.7. The van der Waals surface area contributed by atoms with Crippen molar-refractivity contribution in [2.45, 2.75) is 24.8 Å². The zero-order valence-electron chi connectivity index (χ0n) is 21.1. The number of rotatable bonds is 7. The zero-order chi connectivity index (χ0) is 28.5. The average molecular weight is 581 g/mol. The van der Waals surface area contributed by atoms with Crippen LogP contribution in [0.25, 0.3) is 11.6 Å². The number of carbonyl (C=O) groups excluding carboxylic acids is 1. The highest BCUT2D eigenvalue weighted by atomic mass is 35.5. The van der Waals surface area contributed by atoms with E-state index in [1.807, 2.05) is 0 Å². The Bertz CT molecular complexity index is 1560. The third-order valence-corrected chi connectivity index (χ3v) is 8.09. The Labute approximate surface area is 228 Å². The number of methoxy groups -OCH3 is 1. The average Bonchev–Trinajstić information content (AvgIpc) is 2.87. The number of nitrogens with one attached hydrogen (secondary N) is 1. The van der Waals surface area contributed by atoms with Gasteiger partial charge in [0.15, 0.2) is 23.1 Å². The molecule has 1 amide bonds. The summed E-state index contributed by atoms with van der Waals surface area (Å²) in [5.74, 6) is -3.25. The second-order valence-electron chi connectivity index (χ2n) is 8.78. The predicted molar refractivity (Wildman–Crippen MR) is 142 cm³/mol. The highest BCUT2D eigenvalue weighted by molar-refractivity contribution is 7.92. The lowest BCUT2D eigenvalue weighted by Crippen LogP contribution is -2.48. The summed E-state index contributed by atoms with van der Waals surface area (Å²) in [5, 5.41) is 2.69. The molecular formula is C27H24ClF3N2O5S. The molecule has 0 bridgehead atoms. The summed E-state index contributed by atoms with van der Waals surface area (Å²) in [6.45, 7) is 2.47. The molecule has 0 saturated carbocycles. The van der Waals surface area contributed by atoms with Gasteiger partial charge >= 0.3 is 0 Å². The van der Waals surface area contributed by atoms with Gasteiger partial charge in [-0.3, -0.25) is 9.10 Å². The van der Waals surface area contributed by atoms with Crippen molar-refractivity contribution < 1.29 is 35.9 Å². The van der Waals surface area contributed by atoms with Crippen LogP contribution in [0.15, 0.2) is 53.4 Å². The standard InChI is InChI=1S/C27H24ClF3N2O5S/c1-15(26-20(28)5-4-6-22(26)30)9-17-10-23(31)27-24(11-17)33(14-18(38-27)13-32-16(2)34)39(35,36)19-7-8-21(29)25(12-19)37-3/h4-12,18H,13-14H2,1-3H3,(H,32,34)/t18-/m0/s1. The highest BCUT2D eigenvalue weighted by Crippen LogP contribution is 2.41. The molecule has 0 fully saturated rings. The molecular weight excluding hydrogens is 557 g/mol. The molecule has 4 rings (SSSR count). The number of hydrogen-bond donors (Lipinski definition) is 1. The smallest absolute Gasteiger partial charge is 0.264 e. The first-order chi connectivity index (χ1) is 18.4. The second-order valence-corrected chi connectivity index (χ2v) is 11.1. The molecule has 12 heteroatoms. The number of hydrogen-bond acceptors (Lipinski definition) is 5. The SMILES string of the molecule is COc1cc(S(=O)(=O)N2C[C@H](CNC(C)=O)Oc3c(F)cc(C=C(C)c4c(F)cccc4Cl)cc32)ccc1F. The number of nitrogens with zero attached hydrogens (tertiary/aromatic N) is 1. The van der Waals surface area contributed by atoms with E-state index >= 15 is 4.39 Å². The number of benzene rings is 3. The third-order valence-electron chi connectivity index (χ3n) is 6.00. The summed E-state index contributed by atoms with van der Waals surface area (Å²) in [5.41, 5.74) is 0.571. The van der Waals surface area contributed by atoms with Crippen LogP contribution in [0.3, 0.4) is 0 Å². The Morgan fingerprint density at radius 3 is 2.54 bits per heavy atom. The van der Waals surface area contributed by atoms with Gasteiger partial charge in [-0.25, -0.2) is 21.6 Å². The van der Waals surface area contributed by atoms with E-state index in [2.05, 4.69) is 5.32 Å². The van der Waals surface area contributed by atoms with E-state index in [4.69, 9.17) is 21.1 Å². The minimum Gasteiger partial charge on any atom is -0.494 e. The van der Waals surface area contributed by atoms with Gasteiger partial charge < -0.3 is 14.8 Å². The van der Waals surface area contributed by atoms with Crippen LogP contribution in [-0.4, -0.2) is 40.6 Å². The maximum Gasteiger partial charge on any atom is 0.264 e. The summed E-state index contributed by atoms with van der Waals surface area (Å²) >= 11 is 6.16. The summed E-state index contributed by atoms with van der Waals surface area (Å²) < 4.78 is 83.0. The fourth-order valence-corrected chi connectivity index (χ4v) is 6.01. The normalized spacial score (nSPS) is 15.4. The van der Waals surface area contributed by atoms with E-state index in [0.29, 0.717) is 5.57 Å². The molecule has 3 aromatic carbocycles. The van der Waals surface area contributed by atoms with Gasteiger partial charge in [-0.05, 0) is 54.5 Å². The number of anilines is 1. The number of ether oxygens (including phenoxy) is 2. The van der Waals surface area contributed by atoms with Gasteiger partial charge in [-0.2, -0.15) is 0 Å². The topological polar surface area (TPSA) is 84.9 Å². The molecule has 1 aliphatic rings. The van der Waals surface area contributed by atoms with Gasteiger partial charge in [0.2, 0.25) is 5.91 Å². The largest absolute Gasteiger partial charge is 0.494 e. The molecule has 7 nitrogen and oxygen atoms in total. The number of fused-ring (bicyclic) bond motifs is 1. The van der Waals surface area contributed by atoms with Gasteiger partial charge in [-0.1, -0.05) is 23.7 Å². The van der Waals surface area contributed by atoms with Gasteiger partial charge in [0.25, 0.3) is 10.0 Å². The Morgan fingerprint density at radius 1 is 1.13 bits per heavy atom. The van der Waals surface area contributed by atoms with Gasteiger partial charge in [0, 0.05) is 18.6 Å². The van der Waals surface area contributed by atoms with Gasteiger partial charge in [0.1, 0.15) is 11.9 Å². The van der Waals surface area contributed by atoms with Gasteiger partial charge in [-0.15, -0.1) is 0 Å². The predicted octanol–water partition coefficient (Wildman–Crippen LogP) is 5.42. The van der Waals surface area contributed by atoms with Crippen LogP contribution in [0.4, 0.5) is 18.9 Å². The van der Waals surface area contributed by atoms with Crippen molar-refractivity contribution in [3.63, 3.8) is 0 Å². The molecule has 0 saturated heterocycles. The first-order valence-corrected chi connectivity index (χ1v) is 13.5. The van der Waals surface area contributed by atoms with E-state index in [1.54, 1.807) is 6.92 Å². The van der Waals surface area contributed by atoms with Crippen LogP contribution in [0, 0.1) is 17.5 Å². The number of amides is 1. The van der Waals surface area contributed by atoms with Crippen LogP contribution in [-0.2, 0) is 14.8 Å². The lowest BCUT2D eigenvalue weighted by atomic mass is 10.0. The van der Waals surface area contributed by atoms with Crippen molar-refractivity contribution in [1.82, 2.24) is 5.32 Å². The quantitative estimate of drug-likeness (QED) is 0.377. The maximum absolute atomic E-state index is 15.4. The molecule has 1 aliphatic heterocycles. The van der Waals surface area contributed by atoms with Crippen molar-refractivity contribution in [3.05, 3.63) is 82.1 Å². The van der Waals surface area contributed by atoms with Crippen molar-refractivity contribution in [2.75, 3.05) is 24.5 Å². The summed E-state index contributed by atoms with van der Waals surface area (Å²) in [6, 6.07) is 9.73. The molecule has 0 aromatic heterocycles. The molecule has 39 heavy (non-hydrogen) atoms. The van der Waals surface area contributed by atoms with Crippen LogP contribution in [0.1, 0.15) is 25.0 Å². The fraction of sp³-hybridized carbons (Fsp3) is 0.222. The Balaban J connectivity index is 1.85. The molecule has 206 valence electrons. The Kier molecular flexibility index (Phi) is 8.12. The number of sulfonamides is 1. The molecule has 0 spiro atoms. The molecule has 1 heterocycles. The van der Waals surface area contributed by atoms with Crippen molar-refractivity contribution in [3.8, 4) is 11.5 Å². The zero-order valence-corrected chi connectivity index (χ0v) is 22.7. The molecule has 1 atom stereocenters. The fourth-order valence-electron chi connectivity index (χ4n) is 4.19. The Hall–Kier alpha value is -3.70. The first kappa shape index (κ1) is 28.3. The van der Waals surface area contributed by atoms with E-state index in [-0.39, 0.29) is 57.2 Å². The highest BCUT2D eigenvalue weighted by Gasteiger charge is 2.37. The molecule has 0 aliphatic carbocycles. The summed E-state index contributed by atoms with van der Waals surface area (Å²) in [6.07, 6.45) is 0.524. The van der Waals surface area contributed by atoms with E-state index in [1.165, 1.54) is 44.4 Å². The number of allylic oxidation sites excluding steroid dienone is 1. The lowest BCUT2D eigenvalue weighted by molar-refractivity contribution is -0.119. The van der Waals surface area contributed by atoms with Crippen molar-refractivity contribution >= 4 is 44.9 Å². The van der Waals surface area contributed by atoms with Crippen LogP contribution in [0.5, 0.6) is 11.5 Å². The van der Waals surface area contributed by atoms with Crippen molar-refractivity contribution in [1.29, 1.82) is 0 Å². The number of halogens is 4. The molecule has 0 radical (unpaired) electrons. The lowest BCUT2D eigenvalue weighted by Gasteiger charge is -2.36. The van der Waals surface area contributed by atoms with Gasteiger partial charge in [0.05, 0.1) is 35.8 Å².